The lowest BCUT2D eigenvalue weighted by atomic mass is 9.78. The van der Waals surface area contributed by atoms with E-state index < -0.39 is 0 Å². The molecule has 3 fully saturated rings. The zero-order valence-electron chi connectivity index (χ0n) is 11.7. The predicted molar refractivity (Wildman–Crippen MR) is 73.4 cm³/mol. The number of hydrogen-bond donors (Lipinski definition) is 1. The normalized spacial score (nSPS) is 46.0. The second-order valence-corrected chi connectivity index (χ2v) is 6.55. The van der Waals surface area contributed by atoms with Crippen LogP contribution in [-0.4, -0.2) is 42.8 Å². The van der Waals surface area contributed by atoms with Crippen LogP contribution in [0.2, 0.25) is 0 Å². The third kappa shape index (κ3) is 2.45. The summed E-state index contributed by atoms with van der Waals surface area (Å²) in [6.07, 6.45) is 8.14. The fourth-order valence-electron chi connectivity index (χ4n) is 4.33. The number of likely N-dealkylation sites (tertiary alicyclic amines) is 1. The van der Waals surface area contributed by atoms with Crippen LogP contribution >= 0.6 is 0 Å². The quantitative estimate of drug-likeness (QED) is 0.817. The van der Waals surface area contributed by atoms with Crippen LogP contribution in [0.4, 0.5) is 0 Å². The first-order valence-electron chi connectivity index (χ1n) is 7.89. The minimum absolute atomic E-state index is 0.468. The highest BCUT2D eigenvalue weighted by Crippen LogP contribution is 2.38. The minimum atomic E-state index is 0.468. The molecule has 3 nitrogen and oxygen atoms in total. The Morgan fingerprint density at radius 3 is 2.89 bits per heavy atom. The average Bonchev–Trinajstić information content (AvgIpc) is 2.84. The molecule has 0 aromatic carbocycles. The van der Waals surface area contributed by atoms with Crippen molar-refractivity contribution < 1.29 is 4.74 Å². The molecule has 3 rings (SSSR count). The standard InChI is InChI=1S/C15H28N2O/c1-2-13-8-12(6-7-18-13)17-9-11-4-3-5-15(16)14(11)10-17/h11-15H,2-10,16H2,1H3. The number of nitrogens with zero attached hydrogens (tertiary/aromatic N) is 1. The Morgan fingerprint density at radius 2 is 2.11 bits per heavy atom. The Labute approximate surface area is 111 Å². The molecular formula is C15H28N2O. The van der Waals surface area contributed by atoms with E-state index in [2.05, 4.69) is 11.8 Å². The zero-order valence-corrected chi connectivity index (χ0v) is 11.7. The molecule has 2 aliphatic heterocycles. The Morgan fingerprint density at radius 1 is 1.22 bits per heavy atom. The molecule has 0 spiro atoms. The second kappa shape index (κ2) is 5.48. The monoisotopic (exact) mass is 252 g/mol. The van der Waals surface area contributed by atoms with Gasteiger partial charge in [0.15, 0.2) is 0 Å². The van der Waals surface area contributed by atoms with Gasteiger partial charge in [-0.25, -0.2) is 0 Å². The summed E-state index contributed by atoms with van der Waals surface area (Å²) in [6.45, 7) is 5.76. The summed E-state index contributed by atoms with van der Waals surface area (Å²) in [5.74, 6) is 1.67. The number of ether oxygens (including phenoxy) is 1. The lowest BCUT2D eigenvalue weighted by Crippen LogP contribution is -2.42. The van der Waals surface area contributed by atoms with Crippen LogP contribution in [0.5, 0.6) is 0 Å². The molecule has 3 aliphatic rings. The van der Waals surface area contributed by atoms with Crippen LogP contribution in [0, 0.1) is 11.8 Å². The molecule has 0 aromatic rings. The molecule has 0 aromatic heterocycles. The molecule has 1 aliphatic carbocycles. The van der Waals surface area contributed by atoms with Gasteiger partial charge in [-0.1, -0.05) is 13.3 Å². The molecule has 3 heteroatoms. The number of fused-ring (bicyclic) bond motifs is 1. The molecule has 5 atom stereocenters. The minimum Gasteiger partial charge on any atom is -0.378 e. The van der Waals surface area contributed by atoms with Crippen LogP contribution in [-0.2, 0) is 4.74 Å². The van der Waals surface area contributed by atoms with Gasteiger partial charge in [-0.15, -0.1) is 0 Å². The lowest BCUT2D eigenvalue weighted by Gasteiger charge is -2.35. The molecule has 0 bridgehead atoms. The summed E-state index contributed by atoms with van der Waals surface area (Å²) in [6, 6.07) is 1.23. The highest BCUT2D eigenvalue weighted by molar-refractivity contribution is 4.95. The maximum absolute atomic E-state index is 6.31. The number of rotatable bonds is 2. The molecule has 18 heavy (non-hydrogen) atoms. The van der Waals surface area contributed by atoms with E-state index in [4.69, 9.17) is 10.5 Å². The van der Waals surface area contributed by atoms with Gasteiger partial charge in [0.2, 0.25) is 0 Å². The summed E-state index contributed by atoms with van der Waals surface area (Å²) >= 11 is 0. The van der Waals surface area contributed by atoms with Crippen molar-refractivity contribution in [2.75, 3.05) is 19.7 Å². The summed E-state index contributed by atoms with van der Waals surface area (Å²) in [5, 5.41) is 0. The molecule has 2 heterocycles. The SMILES string of the molecule is CCC1CC(N2CC3CCCC(N)C3C2)CCO1. The Hall–Kier alpha value is -0.120. The summed E-state index contributed by atoms with van der Waals surface area (Å²) in [7, 11) is 0. The van der Waals surface area contributed by atoms with E-state index in [-0.39, 0.29) is 0 Å². The Balaban J connectivity index is 1.60. The van der Waals surface area contributed by atoms with Crippen molar-refractivity contribution in [3.8, 4) is 0 Å². The van der Waals surface area contributed by atoms with Gasteiger partial charge in [0.05, 0.1) is 6.10 Å². The van der Waals surface area contributed by atoms with Crippen molar-refractivity contribution in [3.63, 3.8) is 0 Å². The topological polar surface area (TPSA) is 38.5 Å². The van der Waals surface area contributed by atoms with Crippen molar-refractivity contribution in [2.24, 2.45) is 17.6 Å². The van der Waals surface area contributed by atoms with Crippen LogP contribution in [0.15, 0.2) is 0 Å². The molecule has 0 radical (unpaired) electrons. The highest BCUT2D eigenvalue weighted by Gasteiger charge is 2.41. The largest absolute Gasteiger partial charge is 0.378 e. The van der Waals surface area contributed by atoms with Gasteiger partial charge in [0.1, 0.15) is 0 Å². The lowest BCUT2D eigenvalue weighted by molar-refractivity contribution is -0.0247. The first kappa shape index (κ1) is 12.9. The van der Waals surface area contributed by atoms with Crippen molar-refractivity contribution in [1.29, 1.82) is 0 Å². The van der Waals surface area contributed by atoms with Gasteiger partial charge in [0.25, 0.3) is 0 Å². The van der Waals surface area contributed by atoms with Crippen molar-refractivity contribution in [1.82, 2.24) is 4.90 Å². The third-order valence-electron chi connectivity index (χ3n) is 5.49. The maximum atomic E-state index is 6.31. The van der Waals surface area contributed by atoms with Crippen LogP contribution < -0.4 is 5.73 Å². The van der Waals surface area contributed by atoms with Crippen LogP contribution in [0.3, 0.4) is 0 Å². The van der Waals surface area contributed by atoms with E-state index in [1.165, 1.54) is 45.2 Å². The molecule has 104 valence electrons. The molecule has 2 saturated heterocycles. The van der Waals surface area contributed by atoms with Gasteiger partial charge in [-0.3, -0.25) is 4.90 Å². The first-order chi connectivity index (χ1) is 8.78. The van der Waals surface area contributed by atoms with Crippen LogP contribution in [0.1, 0.15) is 45.4 Å². The average molecular weight is 252 g/mol. The van der Waals surface area contributed by atoms with Gasteiger partial charge in [-0.2, -0.15) is 0 Å². The Bertz CT molecular complexity index is 284. The summed E-state index contributed by atoms with van der Waals surface area (Å²) in [5.41, 5.74) is 6.31. The summed E-state index contributed by atoms with van der Waals surface area (Å²) in [4.78, 5) is 2.74. The van der Waals surface area contributed by atoms with E-state index in [1.54, 1.807) is 0 Å². The number of nitrogens with two attached hydrogens (primary N) is 1. The first-order valence-corrected chi connectivity index (χ1v) is 7.89. The molecule has 5 unspecified atom stereocenters. The van der Waals surface area contributed by atoms with Crippen molar-refractivity contribution in [3.05, 3.63) is 0 Å². The predicted octanol–water partition coefficient (Wildman–Crippen LogP) is 2.00. The van der Waals surface area contributed by atoms with E-state index in [1.807, 2.05) is 0 Å². The fourth-order valence-corrected chi connectivity index (χ4v) is 4.33. The number of hydrogen-bond acceptors (Lipinski definition) is 3. The Kier molecular flexibility index (Phi) is 3.92. The van der Waals surface area contributed by atoms with Gasteiger partial charge in [-0.05, 0) is 43.9 Å². The van der Waals surface area contributed by atoms with Gasteiger partial charge >= 0.3 is 0 Å². The van der Waals surface area contributed by atoms with E-state index in [0.29, 0.717) is 12.1 Å². The smallest absolute Gasteiger partial charge is 0.0587 e. The fraction of sp³-hybridized carbons (Fsp3) is 1.00. The molecule has 1 saturated carbocycles. The summed E-state index contributed by atoms with van der Waals surface area (Å²) < 4.78 is 5.81. The molecule has 0 amide bonds. The highest BCUT2D eigenvalue weighted by atomic mass is 16.5. The third-order valence-corrected chi connectivity index (χ3v) is 5.49. The van der Waals surface area contributed by atoms with Crippen LogP contribution in [0.25, 0.3) is 0 Å². The van der Waals surface area contributed by atoms with E-state index in [9.17, 15) is 0 Å². The van der Waals surface area contributed by atoms with E-state index >= 15 is 0 Å². The van der Waals surface area contributed by atoms with E-state index in [0.717, 1.165) is 30.9 Å². The molecular weight excluding hydrogens is 224 g/mol. The maximum Gasteiger partial charge on any atom is 0.0587 e. The molecule has 2 N–H and O–H groups in total. The van der Waals surface area contributed by atoms with Gasteiger partial charge < -0.3 is 10.5 Å². The second-order valence-electron chi connectivity index (χ2n) is 6.55. The van der Waals surface area contributed by atoms with Crippen molar-refractivity contribution >= 4 is 0 Å². The zero-order chi connectivity index (χ0) is 12.5. The van der Waals surface area contributed by atoms with Gasteiger partial charge in [0, 0.05) is 31.8 Å². The van der Waals surface area contributed by atoms with Crippen molar-refractivity contribution in [2.45, 2.75) is 63.6 Å².